The van der Waals surface area contributed by atoms with Crippen molar-refractivity contribution in [2.24, 2.45) is 5.73 Å². The highest BCUT2D eigenvalue weighted by Crippen LogP contribution is 2.20. The van der Waals surface area contributed by atoms with Crippen LogP contribution in [0.4, 0.5) is 5.69 Å². The predicted molar refractivity (Wildman–Crippen MR) is 62.2 cm³/mol. The first-order valence-electron chi connectivity index (χ1n) is 4.86. The van der Waals surface area contributed by atoms with E-state index in [4.69, 9.17) is 18.0 Å². The second-order valence-corrected chi connectivity index (χ2v) is 3.81. The molecule has 0 aliphatic rings. The molecule has 0 saturated heterocycles. The van der Waals surface area contributed by atoms with Crippen molar-refractivity contribution in [2.75, 3.05) is 25.0 Å². The minimum atomic E-state index is 0.0244. The quantitative estimate of drug-likeness (QED) is 0.740. The van der Waals surface area contributed by atoms with E-state index in [0.29, 0.717) is 11.1 Å². The van der Waals surface area contributed by atoms with Crippen LogP contribution in [0.25, 0.3) is 0 Å². The Morgan fingerprint density at radius 2 is 2.14 bits per heavy atom. The Kier molecular flexibility index (Phi) is 3.77. The van der Waals surface area contributed by atoms with Crippen LogP contribution in [0.2, 0.25) is 0 Å². The van der Waals surface area contributed by atoms with Crippen molar-refractivity contribution in [3.63, 3.8) is 0 Å². The summed E-state index contributed by atoms with van der Waals surface area (Å²) in [7, 11) is 1.92. The molecule has 4 heteroatoms. The van der Waals surface area contributed by atoms with Gasteiger partial charge in [-0.1, -0.05) is 19.1 Å². The number of rotatable bonds is 5. The summed E-state index contributed by atoms with van der Waals surface area (Å²) in [6, 6.07) is 0. The van der Waals surface area contributed by atoms with Crippen molar-refractivity contribution in [2.45, 2.75) is 19.8 Å². The molecule has 0 bridgehead atoms. The first-order valence-corrected chi connectivity index (χ1v) is 5.27. The zero-order valence-corrected chi connectivity index (χ0v) is 9.49. The molecule has 78 valence electrons. The van der Waals surface area contributed by atoms with Gasteiger partial charge in [-0.05, 0) is 19.4 Å². The smallest absolute Gasteiger partial charge is 0.220 e. The van der Waals surface area contributed by atoms with Crippen LogP contribution in [0.1, 0.15) is 18.9 Å². The van der Waals surface area contributed by atoms with E-state index in [0.717, 1.165) is 30.6 Å². The van der Waals surface area contributed by atoms with Gasteiger partial charge in [0.1, 0.15) is 0 Å². The molecule has 0 aliphatic carbocycles. The van der Waals surface area contributed by atoms with Crippen LogP contribution in [0, 0.1) is 4.51 Å². The monoisotopic (exact) mass is 212 g/mol. The molecule has 0 amide bonds. The highest BCUT2D eigenvalue weighted by atomic mass is 32.1. The number of hydrogen-bond donors (Lipinski definition) is 1. The third kappa shape index (κ3) is 1.86. The van der Waals surface area contributed by atoms with Crippen molar-refractivity contribution in [1.82, 2.24) is 0 Å². The lowest BCUT2D eigenvalue weighted by Crippen LogP contribution is -2.31. The molecule has 0 atom stereocenters. The summed E-state index contributed by atoms with van der Waals surface area (Å²) >= 11 is 4.98. The van der Waals surface area contributed by atoms with Crippen LogP contribution < -0.4 is 16.1 Å². The summed E-state index contributed by atoms with van der Waals surface area (Å²) < 4.78 is 0.516. The molecule has 0 spiro atoms. The van der Waals surface area contributed by atoms with Crippen molar-refractivity contribution in [3.8, 4) is 0 Å². The van der Waals surface area contributed by atoms with Crippen LogP contribution in [-0.4, -0.2) is 20.1 Å². The fourth-order valence-corrected chi connectivity index (χ4v) is 1.94. The minimum absolute atomic E-state index is 0.0244. The summed E-state index contributed by atoms with van der Waals surface area (Å²) in [5.41, 5.74) is 7.27. The van der Waals surface area contributed by atoms with E-state index in [9.17, 15) is 4.79 Å². The van der Waals surface area contributed by atoms with Gasteiger partial charge in [0.2, 0.25) is 5.43 Å². The van der Waals surface area contributed by atoms with E-state index >= 15 is 0 Å². The van der Waals surface area contributed by atoms with E-state index in [1.165, 1.54) is 0 Å². The second kappa shape index (κ2) is 4.66. The average Bonchev–Trinajstić information content (AvgIpc) is 2.20. The standard InChI is InChI=1S/C10H16N2OS/c1-3-7-8(9(13)10(7)14)12(2)6-4-5-11/h3-6,11H2,1-2H3. The molecule has 14 heavy (non-hydrogen) atoms. The Morgan fingerprint density at radius 1 is 1.50 bits per heavy atom. The first kappa shape index (κ1) is 11.3. The molecule has 0 aromatic heterocycles. The third-order valence-electron chi connectivity index (χ3n) is 2.41. The molecule has 0 fully saturated rings. The van der Waals surface area contributed by atoms with Crippen LogP contribution in [0.3, 0.4) is 0 Å². The molecule has 1 aromatic rings. The molecule has 0 saturated carbocycles. The number of nitrogens with two attached hydrogens (primary N) is 1. The minimum Gasteiger partial charge on any atom is -0.371 e. The maximum absolute atomic E-state index is 11.5. The lowest BCUT2D eigenvalue weighted by molar-refractivity contribution is 0.785. The Morgan fingerprint density at radius 3 is 2.64 bits per heavy atom. The normalized spacial score (nSPS) is 10.8. The third-order valence-corrected chi connectivity index (χ3v) is 2.85. The highest BCUT2D eigenvalue weighted by molar-refractivity contribution is 7.71. The first-order chi connectivity index (χ1) is 6.63. The van der Waals surface area contributed by atoms with Gasteiger partial charge in [-0.25, -0.2) is 0 Å². The van der Waals surface area contributed by atoms with E-state index in [-0.39, 0.29) is 5.43 Å². The highest BCUT2D eigenvalue weighted by Gasteiger charge is 2.18. The Bertz CT molecular complexity index is 379. The molecule has 3 nitrogen and oxygen atoms in total. The van der Waals surface area contributed by atoms with Gasteiger partial charge >= 0.3 is 0 Å². The molecule has 1 aromatic carbocycles. The zero-order valence-electron chi connectivity index (χ0n) is 8.67. The maximum atomic E-state index is 11.5. The van der Waals surface area contributed by atoms with Gasteiger partial charge in [0.15, 0.2) is 0 Å². The largest absolute Gasteiger partial charge is 0.371 e. The summed E-state index contributed by atoms with van der Waals surface area (Å²) in [6.07, 6.45) is 1.74. The molecular weight excluding hydrogens is 196 g/mol. The van der Waals surface area contributed by atoms with Gasteiger partial charge in [-0.2, -0.15) is 0 Å². The Labute approximate surface area is 89.2 Å². The van der Waals surface area contributed by atoms with E-state index in [1.807, 2.05) is 18.9 Å². The molecule has 0 aliphatic heterocycles. The van der Waals surface area contributed by atoms with Gasteiger partial charge in [-0.15, -0.1) is 0 Å². The molecule has 0 unspecified atom stereocenters. The van der Waals surface area contributed by atoms with E-state index in [2.05, 4.69) is 0 Å². The topological polar surface area (TPSA) is 46.3 Å². The fourth-order valence-electron chi connectivity index (χ4n) is 1.60. The summed E-state index contributed by atoms with van der Waals surface area (Å²) in [4.78, 5) is 13.4. The molecule has 0 radical (unpaired) electrons. The Hall–Kier alpha value is -0.740. The molecule has 0 heterocycles. The fraction of sp³-hybridized carbons (Fsp3) is 0.600. The molecule has 2 N–H and O–H groups in total. The van der Waals surface area contributed by atoms with Gasteiger partial charge in [0.25, 0.3) is 0 Å². The van der Waals surface area contributed by atoms with Crippen molar-refractivity contribution < 1.29 is 0 Å². The summed E-state index contributed by atoms with van der Waals surface area (Å²) in [5.74, 6) is 0. The van der Waals surface area contributed by atoms with Crippen molar-refractivity contribution >= 4 is 17.9 Å². The van der Waals surface area contributed by atoms with Gasteiger partial charge in [0.05, 0.1) is 10.2 Å². The van der Waals surface area contributed by atoms with E-state index in [1.54, 1.807) is 0 Å². The zero-order chi connectivity index (χ0) is 10.7. The maximum Gasteiger partial charge on any atom is 0.220 e. The molecule has 1 rings (SSSR count). The second-order valence-electron chi connectivity index (χ2n) is 3.40. The van der Waals surface area contributed by atoms with Gasteiger partial charge < -0.3 is 10.6 Å². The summed E-state index contributed by atoms with van der Waals surface area (Å²) in [5, 5.41) is 0. The average molecular weight is 212 g/mol. The lowest BCUT2D eigenvalue weighted by Gasteiger charge is -2.23. The van der Waals surface area contributed by atoms with Crippen molar-refractivity contribution in [3.05, 3.63) is 20.3 Å². The SMILES string of the molecule is CCc1c(N(C)CCCN)c(=O)c1=S. The van der Waals surface area contributed by atoms with Crippen LogP contribution in [0.15, 0.2) is 4.79 Å². The van der Waals surface area contributed by atoms with Gasteiger partial charge in [-0.3, -0.25) is 4.79 Å². The predicted octanol–water partition coefficient (Wildman–Crippen LogP) is 0.999. The van der Waals surface area contributed by atoms with E-state index < -0.39 is 0 Å². The number of hydrogen-bond acceptors (Lipinski definition) is 4. The molecular formula is C10H16N2OS. The Balaban J connectivity index is 2.80. The van der Waals surface area contributed by atoms with Crippen LogP contribution in [-0.2, 0) is 6.42 Å². The van der Waals surface area contributed by atoms with Crippen LogP contribution in [0.5, 0.6) is 0 Å². The summed E-state index contributed by atoms with van der Waals surface area (Å²) in [6.45, 7) is 3.49. The lowest BCUT2D eigenvalue weighted by atomic mass is 10.0. The van der Waals surface area contributed by atoms with Crippen molar-refractivity contribution in [1.29, 1.82) is 0 Å². The number of anilines is 1. The van der Waals surface area contributed by atoms with Gasteiger partial charge in [0, 0.05) is 19.2 Å². The van der Waals surface area contributed by atoms with Crippen LogP contribution >= 0.6 is 12.2 Å². The number of nitrogens with zero attached hydrogens (tertiary/aromatic N) is 1.